The summed E-state index contributed by atoms with van der Waals surface area (Å²) in [7, 11) is 0. The fourth-order valence-corrected chi connectivity index (χ4v) is 2.72. The van der Waals surface area contributed by atoms with Crippen LogP contribution in [-0.2, 0) is 0 Å². The third-order valence-electron chi connectivity index (χ3n) is 3.90. The van der Waals surface area contributed by atoms with Crippen LogP contribution in [0.3, 0.4) is 0 Å². The van der Waals surface area contributed by atoms with Crippen molar-refractivity contribution >= 4 is 17.6 Å². The van der Waals surface area contributed by atoms with E-state index in [2.05, 4.69) is 10.3 Å². The van der Waals surface area contributed by atoms with Gasteiger partial charge in [-0.25, -0.2) is 9.78 Å². The van der Waals surface area contributed by atoms with E-state index in [9.17, 15) is 9.59 Å². The minimum atomic E-state index is -1.17. The molecule has 0 radical (unpaired) electrons. The van der Waals surface area contributed by atoms with Gasteiger partial charge >= 0.3 is 5.97 Å². The maximum atomic E-state index is 12.2. The third-order valence-corrected chi connectivity index (χ3v) is 3.90. The van der Waals surface area contributed by atoms with Crippen molar-refractivity contribution in [3.8, 4) is 5.75 Å². The number of amides is 1. The number of anilines is 1. The monoisotopic (exact) mass is 326 g/mol. The highest BCUT2D eigenvalue weighted by Gasteiger charge is 2.17. The Labute approximate surface area is 139 Å². The first-order valence-electron chi connectivity index (χ1n) is 7.90. The van der Waals surface area contributed by atoms with E-state index in [1.54, 1.807) is 18.2 Å². The van der Waals surface area contributed by atoms with Crippen LogP contribution in [0.2, 0.25) is 0 Å². The Hall–Kier alpha value is -2.89. The Morgan fingerprint density at radius 1 is 1.08 bits per heavy atom. The smallest absolute Gasteiger partial charge is 0.354 e. The van der Waals surface area contributed by atoms with Crippen molar-refractivity contribution in [1.29, 1.82) is 0 Å². The van der Waals surface area contributed by atoms with E-state index in [4.69, 9.17) is 9.84 Å². The molecular weight excluding hydrogens is 308 g/mol. The molecule has 0 saturated heterocycles. The van der Waals surface area contributed by atoms with Crippen molar-refractivity contribution in [3.05, 3.63) is 53.9 Å². The van der Waals surface area contributed by atoms with Gasteiger partial charge in [-0.15, -0.1) is 0 Å². The minimum Gasteiger partial charge on any atom is -0.490 e. The Morgan fingerprint density at radius 3 is 2.54 bits per heavy atom. The molecule has 1 aliphatic carbocycles. The first-order valence-corrected chi connectivity index (χ1v) is 7.90. The Balaban J connectivity index is 1.69. The Bertz CT molecular complexity index is 754. The molecule has 0 unspecified atom stereocenters. The van der Waals surface area contributed by atoms with Crippen LogP contribution in [0.5, 0.6) is 5.75 Å². The lowest BCUT2D eigenvalue weighted by Crippen LogP contribution is -2.16. The molecule has 2 aromatic rings. The molecule has 6 heteroatoms. The predicted octanol–water partition coefficient (Wildman–Crippen LogP) is 3.35. The summed E-state index contributed by atoms with van der Waals surface area (Å²) < 4.78 is 5.91. The number of nitrogens with one attached hydrogen (secondary N) is 1. The fourth-order valence-electron chi connectivity index (χ4n) is 2.72. The van der Waals surface area contributed by atoms with E-state index in [1.807, 2.05) is 6.07 Å². The van der Waals surface area contributed by atoms with Crippen LogP contribution < -0.4 is 10.1 Å². The summed E-state index contributed by atoms with van der Waals surface area (Å²) in [6.07, 6.45) is 4.73. The van der Waals surface area contributed by atoms with Crippen LogP contribution in [-0.4, -0.2) is 28.1 Å². The van der Waals surface area contributed by atoms with Crippen LogP contribution >= 0.6 is 0 Å². The maximum absolute atomic E-state index is 12.2. The highest BCUT2D eigenvalue weighted by atomic mass is 16.5. The van der Waals surface area contributed by atoms with Gasteiger partial charge in [0.25, 0.3) is 5.91 Å². The topological polar surface area (TPSA) is 88.5 Å². The molecule has 3 rings (SSSR count). The summed E-state index contributed by atoms with van der Waals surface area (Å²) in [5.74, 6) is -0.917. The molecule has 1 aromatic heterocycles. The van der Waals surface area contributed by atoms with Gasteiger partial charge in [0.15, 0.2) is 0 Å². The van der Waals surface area contributed by atoms with Crippen molar-refractivity contribution in [3.63, 3.8) is 0 Å². The number of ether oxygens (including phenoxy) is 1. The zero-order valence-electron chi connectivity index (χ0n) is 13.1. The number of carbonyl (C=O) groups excluding carboxylic acids is 1. The maximum Gasteiger partial charge on any atom is 0.354 e. The molecule has 0 bridgehead atoms. The fraction of sp³-hybridized carbons (Fsp3) is 0.278. The number of carboxylic acid groups (broad SMARTS) is 1. The molecule has 24 heavy (non-hydrogen) atoms. The van der Waals surface area contributed by atoms with Gasteiger partial charge in [-0.05, 0) is 49.9 Å². The van der Waals surface area contributed by atoms with E-state index in [-0.39, 0.29) is 17.5 Å². The lowest BCUT2D eigenvalue weighted by molar-refractivity contribution is 0.0690. The van der Waals surface area contributed by atoms with Gasteiger partial charge in [0, 0.05) is 11.8 Å². The number of rotatable bonds is 5. The number of carboxylic acids is 1. The number of pyridine rings is 1. The average molecular weight is 326 g/mol. The van der Waals surface area contributed by atoms with Gasteiger partial charge in [-0.2, -0.15) is 0 Å². The van der Waals surface area contributed by atoms with Crippen LogP contribution in [0.15, 0.2) is 42.5 Å². The molecule has 1 heterocycles. The van der Waals surface area contributed by atoms with Gasteiger partial charge < -0.3 is 15.2 Å². The Morgan fingerprint density at radius 2 is 1.79 bits per heavy atom. The quantitative estimate of drug-likeness (QED) is 0.879. The predicted molar refractivity (Wildman–Crippen MR) is 88.5 cm³/mol. The molecule has 1 saturated carbocycles. The van der Waals surface area contributed by atoms with Crippen LogP contribution in [0.1, 0.15) is 46.7 Å². The average Bonchev–Trinajstić information content (AvgIpc) is 3.08. The molecular formula is C18H18N2O4. The summed E-state index contributed by atoms with van der Waals surface area (Å²) in [5, 5.41) is 11.7. The molecule has 1 aliphatic rings. The number of hydrogen-bond acceptors (Lipinski definition) is 4. The zero-order chi connectivity index (χ0) is 16.9. The SMILES string of the molecule is O=C(O)c1cccc(C(=O)Nc2cccc(OC3CCCC3)c2)n1. The van der Waals surface area contributed by atoms with Crippen LogP contribution in [0.25, 0.3) is 0 Å². The van der Waals surface area contributed by atoms with Crippen molar-refractivity contribution < 1.29 is 19.4 Å². The molecule has 1 aromatic carbocycles. The second kappa shape index (κ2) is 7.12. The zero-order valence-corrected chi connectivity index (χ0v) is 13.1. The Kier molecular flexibility index (Phi) is 4.74. The summed E-state index contributed by atoms with van der Waals surface area (Å²) in [6.45, 7) is 0. The summed E-state index contributed by atoms with van der Waals surface area (Å²) in [4.78, 5) is 27.0. The summed E-state index contributed by atoms with van der Waals surface area (Å²) in [6, 6.07) is 11.5. The first kappa shape index (κ1) is 16.0. The number of carbonyl (C=O) groups is 2. The molecule has 0 atom stereocenters. The van der Waals surface area contributed by atoms with E-state index in [0.29, 0.717) is 11.4 Å². The molecule has 0 spiro atoms. The van der Waals surface area contributed by atoms with E-state index >= 15 is 0 Å². The largest absolute Gasteiger partial charge is 0.490 e. The standard InChI is InChI=1S/C18H18N2O4/c21-17(15-9-4-10-16(20-15)18(22)23)19-12-5-3-8-14(11-12)24-13-6-1-2-7-13/h3-5,8-11,13H,1-2,6-7H2,(H,19,21)(H,22,23). The van der Waals surface area contributed by atoms with E-state index in [0.717, 1.165) is 12.8 Å². The molecule has 1 fully saturated rings. The molecule has 6 nitrogen and oxygen atoms in total. The van der Waals surface area contributed by atoms with Crippen molar-refractivity contribution in [2.45, 2.75) is 31.8 Å². The van der Waals surface area contributed by atoms with Crippen LogP contribution in [0, 0.1) is 0 Å². The second-order valence-electron chi connectivity index (χ2n) is 5.72. The highest BCUT2D eigenvalue weighted by Crippen LogP contribution is 2.25. The van der Waals surface area contributed by atoms with Crippen molar-refractivity contribution in [2.75, 3.05) is 5.32 Å². The number of benzene rings is 1. The third kappa shape index (κ3) is 3.90. The minimum absolute atomic E-state index is 0.0528. The number of nitrogens with zero attached hydrogens (tertiary/aromatic N) is 1. The van der Waals surface area contributed by atoms with Gasteiger partial charge in [0.1, 0.15) is 17.1 Å². The molecule has 1 amide bonds. The summed E-state index contributed by atoms with van der Waals surface area (Å²) >= 11 is 0. The summed E-state index contributed by atoms with van der Waals surface area (Å²) in [5.41, 5.74) is 0.469. The number of aromatic carboxylic acids is 1. The van der Waals surface area contributed by atoms with Crippen LogP contribution in [0.4, 0.5) is 5.69 Å². The molecule has 2 N–H and O–H groups in total. The molecule has 0 aliphatic heterocycles. The lowest BCUT2D eigenvalue weighted by atomic mass is 10.2. The van der Waals surface area contributed by atoms with Gasteiger partial charge in [0.05, 0.1) is 6.10 Å². The molecule has 124 valence electrons. The number of hydrogen-bond donors (Lipinski definition) is 2. The van der Waals surface area contributed by atoms with E-state index in [1.165, 1.54) is 31.0 Å². The normalized spacial score (nSPS) is 14.3. The highest BCUT2D eigenvalue weighted by molar-refractivity contribution is 6.03. The first-order chi connectivity index (χ1) is 11.6. The van der Waals surface area contributed by atoms with E-state index < -0.39 is 11.9 Å². The second-order valence-corrected chi connectivity index (χ2v) is 5.72. The van der Waals surface area contributed by atoms with Crippen molar-refractivity contribution in [1.82, 2.24) is 4.98 Å². The number of aromatic nitrogens is 1. The van der Waals surface area contributed by atoms with Gasteiger partial charge in [0.2, 0.25) is 0 Å². The van der Waals surface area contributed by atoms with Crippen molar-refractivity contribution in [2.24, 2.45) is 0 Å². The van der Waals surface area contributed by atoms with Gasteiger partial charge in [-0.3, -0.25) is 4.79 Å². The van der Waals surface area contributed by atoms with Gasteiger partial charge in [-0.1, -0.05) is 12.1 Å². The lowest BCUT2D eigenvalue weighted by Gasteiger charge is -2.14.